The van der Waals surface area contributed by atoms with Crippen molar-refractivity contribution < 1.29 is 0 Å². The number of allylic oxidation sites excluding steroid dienone is 1. The van der Waals surface area contributed by atoms with E-state index in [2.05, 4.69) is 25.8 Å². The molecule has 0 aliphatic carbocycles. The van der Waals surface area contributed by atoms with Crippen LogP contribution in [-0.2, 0) is 13.0 Å². The summed E-state index contributed by atoms with van der Waals surface area (Å²) < 4.78 is 3.92. The number of nitrogens with zero attached hydrogens (tertiary/aromatic N) is 7. The molecule has 1 aliphatic heterocycles. The van der Waals surface area contributed by atoms with Crippen molar-refractivity contribution in [3.05, 3.63) is 78.3 Å². The fraction of sp³-hybridized carbons (Fsp3) is 0.208. The highest BCUT2D eigenvalue weighted by atomic mass is 15.3. The molecule has 0 saturated heterocycles. The van der Waals surface area contributed by atoms with Gasteiger partial charge in [0.15, 0.2) is 5.82 Å². The van der Waals surface area contributed by atoms with Crippen molar-refractivity contribution in [3.63, 3.8) is 0 Å². The Hall–Kier alpha value is -4.05. The number of para-hydroxylation sites is 1. The summed E-state index contributed by atoms with van der Waals surface area (Å²) in [5, 5.41) is 23.5. The molecule has 0 bridgehead atoms. The maximum Gasteiger partial charge on any atom is 0.174 e. The molecule has 3 aromatic heterocycles. The van der Waals surface area contributed by atoms with Gasteiger partial charge in [0.05, 0.1) is 11.3 Å². The lowest BCUT2D eigenvalue weighted by Gasteiger charge is -2.05. The molecule has 1 aromatic carbocycles. The third-order valence-corrected chi connectivity index (χ3v) is 5.47. The van der Waals surface area contributed by atoms with Crippen LogP contribution in [0.5, 0.6) is 0 Å². The number of pyridine rings is 1. The first-order valence-electron chi connectivity index (χ1n) is 10.4. The van der Waals surface area contributed by atoms with Crippen molar-refractivity contribution in [2.45, 2.75) is 32.2 Å². The van der Waals surface area contributed by atoms with E-state index in [0.29, 0.717) is 11.4 Å². The first kappa shape index (κ1) is 18.9. The second kappa shape index (κ2) is 8.36. The zero-order valence-corrected chi connectivity index (χ0v) is 17.0. The predicted octanol–water partition coefficient (Wildman–Crippen LogP) is 4.32. The average molecular weight is 407 g/mol. The Bertz CT molecular complexity index is 1260. The Labute approximate surface area is 180 Å². The highest BCUT2D eigenvalue weighted by Crippen LogP contribution is 2.28. The molecule has 0 radical (unpaired) electrons. The van der Waals surface area contributed by atoms with Crippen LogP contribution in [0.3, 0.4) is 0 Å². The second-order valence-electron chi connectivity index (χ2n) is 7.53. The molecule has 5 rings (SSSR count). The Morgan fingerprint density at radius 3 is 2.74 bits per heavy atom. The van der Waals surface area contributed by atoms with Gasteiger partial charge in [0.2, 0.25) is 0 Å². The van der Waals surface area contributed by atoms with Crippen LogP contribution < -0.4 is 0 Å². The van der Waals surface area contributed by atoms with Gasteiger partial charge in [-0.1, -0.05) is 24.6 Å². The van der Waals surface area contributed by atoms with Gasteiger partial charge in [-0.2, -0.15) is 10.4 Å². The molecule has 0 N–H and O–H groups in total. The Balaban J connectivity index is 1.63. The molecule has 7 heteroatoms. The van der Waals surface area contributed by atoms with E-state index in [4.69, 9.17) is 5.10 Å². The summed E-state index contributed by atoms with van der Waals surface area (Å²) in [6, 6.07) is 16.1. The number of hydrogen-bond acceptors (Lipinski definition) is 5. The number of aryl methyl sites for hydroxylation is 1. The predicted molar refractivity (Wildman–Crippen MR) is 118 cm³/mol. The first-order valence-corrected chi connectivity index (χ1v) is 10.4. The summed E-state index contributed by atoms with van der Waals surface area (Å²) in [6.45, 7) is 0.843. The zero-order chi connectivity index (χ0) is 21.0. The Morgan fingerprint density at radius 1 is 1.03 bits per heavy atom. The second-order valence-corrected chi connectivity index (χ2v) is 7.53. The van der Waals surface area contributed by atoms with Gasteiger partial charge in [0, 0.05) is 42.7 Å². The van der Waals surface area contributed by atoms with Crippen LogP contribution in [0.4, 0.5) is 0 Å². The van der Waals surface area contributed by atoms with Crippen molar-refractivity contribution >= 4 is 11.6 Å². The highest BCUT2D eigenvalue weighted by Gasteiger charge is 2.19. The number of hydrogen-bond donors (Lipinski definition) is 0. The van der Waals surface area contributed by atoms with E-state index >= 15 is 0 Å². The first-order chi connectivity index (χ1) is 15.3. The fourth-order valence-electron chi connectivity index (χ4n) is 3.92. The minimum absolute atomic E-state index is 0.485. The molecule has 0 amide bonds. The molecular weight excluding hydrogens is 386 g/mol. The third kappa shape index (κ3) is 3.76. The summed E-state index contributed by atoms with van der Waals surface area (Å²) in [5.41, 5.74) is 3.92. The summed E-state index contributed by atoms with van der Waals surface area (Å²) in [4.78, 5) is 4.24. The van der Waals surface area contributed by atoms with Gasteiger partial charge in [-0.15, -0.1) is 10.2 Å². The smallest absolute Gasteiger partial charge is 0.174 e. The molecule has 0 unspecified atom stereocenters. The minimum Gasteiger partial charge on any atom is -0.310 e. The molecule has 0 atom stereocenters. The summed E-state index contributed by atoms with van der Waals surface area (Å²) >= 11 is 0. The van der Waals surface area contributed by atoms with Crippen LogP contribution in [0, 0.1) is 11.3 Å². The summed E-state index contributed by atoms with van der Waals surface area (Å²) in [5.74, 6) is 1.59. The standard InChI is InChI=1S/C24H21N7/c25-15-19(24-28-27-22-11-5-2-6-13-30(22)24)14-20-17-31(21-9-3-1-4-10-21)29-23(20)18-8-7-12-26-16-18/h1,3-4,7-10,12,14,16-17H,2,5-6,11,13H2. The lowest BCUT2D eigenvalue weighted by Crippen LogP contribution is -2.05. The number of rotatable bonds is 4. The van der Waals surface area contributed by atoms with E-state index in [1.165, 1.54) is 6.42 Å². The van der Waals surface area contributed by atoms with Crippen LogP contribution in [-0.4, -0.2) is 29.5 Å². The largest absolute Gasteiger partial charge is 0.310 e. The SMILES string of the molecule is N#CC(=Cc1cn(-c2ccccc2)nc1-c1cccnc1)c1nnc2n1CCCCC2. The van der Waals surface area contributed by atoms with Gasteiger partial charge in [-0.05, 0) is 43.2 Å². The van der Waals surface area contributed by atoms with Crippen LogP contribution in [0.15, 0.2) is 61.1 Å². The third-order valence-electron chi connectivity index (χ3n) is 5.47. The van der Waals surface area contributed by atoms with E-state index in [9.17, 15) is 5.26 Å². The van der Waals surface area contributed by atoms with E-state index in [1.54, 1.807) is 12.4 Å². The molecule has 4 aromatic rings. The lowest BCUT2D eigenvalue weighted by atomic mass is 10.1. The topological polar surface area (TPSA) is 85.2 Å². The van der Waals surface area contributed by atoms with E-state index in [0.717, 1.165) is 54.1 Å². The lowest BCUT2D eigenvalue weighted by molar-refractivity contribution is 0.627. The molecule has 1 aliphatic rings. The average Bonchev–Trinajstić information content (AvgIpc) is 3.35. The van der Waals surface area contributed by atoms with Crippen LogP contribution in [0.2, 0.25) is 0 Å². The van der Waals surface area contributed by atoms with E-state index in [1.807, 2.05) is 59.4 Å². The van der Waals surface area contributed by atoms with E-state index < -0.39 is 0 Å². The van der Waals surface area contributed by atoms with Gasteiger partial charge in [0.25, 0.3) is 0 Å². The number of aromatic nitrogens is 6. The van der Waals surface area contributed by atoms with E-state index in [-0.39, 0.29) is 0 Å². The molecule has 152 valence electrons. The quantitative estimate of drug-likeness (QED) is 0.471. The molecule has 0 fully saturated rings. The van der Waals surface area contributed by atoms with Crippen LogP contribution in [0.1, 0.15) is 36.5 Å². The zero-order valence-electron chi connectivity index (χ0n) is 17.0. The van der Waals surface area contributed by atoms with Crippen molar-refractivity contribution in [1.29, 1.82) is 5.26 Å². The summed E-state index contributed by atoms with van der Waals surface area (Å²) in [7, 11) is 0. The monoisotopic (exact) mass is 407 g/mol. The van der Waals surface area contributed by atoms with Gasteiger partial charge < -0.3 is 4.57 Å². The number of benzene rings is 1. The van der Waals surface area contributed by atoms with Crippen molar-refractivity contribution in [2.75, 3.05) is 0 Å². The molecule has 31 heavy (non-hydrogen) atoms. The Morgan fingerprint density at radius 2 is 1.94 bits per heavy atom. The van der Waals surface area contributed by atoms with Crippen molar-refractivity contribution in [2.24, 2.45) is 0 Å². The van der Waals surface area contributed by atoms with Crippen LogP contribution in [0.25, 0.3) is 28.6 Å². The van der Waals surface area contributed by atoms with Gasteiger partial charge in [0.1, 0.15) is 17.6 Å². The molecule has 7 nitrogen and oxygen atoms in total. The van der Waals surface area contributed by atoms with Gasteiger partial charge >= 0.3 is 0 Å². The number of fused-ring (bicyclic) bond motifs is 1. The molecule has 0 spiro atoms. The molecule has 0 saturated carbocycles. The highest BCUT2D eigenvalue weighted by molar-refractivity contribution is 5.90. The fourth-order valence-corrected chi connectivity index (χ4v) is 3.92. The maximum absolute atomic E-state index is 9.98. The Kier molecular flexibility index (Phi) is 5.11. The summed E-state index contributed by atoms with van der Waals surface area (Å²) in [6.07, 6.45) is 11.6. The van der Waals surface area contributed by atoms with Crippen molar-refractivity contribution in [3.8, 4) is 23.0 Å². The van der Waals surface area contributed by atoms with Crippen LogP contribution >= 0.6 is 0 Å². The normalized spacial score (nSPS) is 14.0. The minimum atomic E-state index is 0.485. The maximum atomic E-state index is 9.98. The number of nitriles is 1. The molecular formula is C24H21N7. The van der Waals surface area contributed by atoms with Crippen molar-refractivity contribution in [1.82, 2.24) is 29.5 Å². The molecule has 4 heterocycles. The van der Waals surface area contributed by atoms with Gasteiger partial charge in [-0.3, -0.25) is 4.98 Å². The van der Waals surface area contributed by atoms with Gasteiger partial charge in [-0.25, -0.2) is 4.68 Å².